The summed E-state index contributed by atoms with van der Waals surface area (Å²) in [6, 6.07) is 6.05. The molecule has 0 aromatic heterocycles. The molecule has 0 bridgehead atoms. The van der Waals surface area contributed by atoms with Crippen LogP contribution >= 0.6 is 11.9 Å². The molecule has 0 fully saturated rings. The fraction of sp³-hybridized carbons (Fsp3) is 0.125. The Morgan fingerprint density at radius 3 is 2.43 bits per heavy atom. The number of benzene rings is 1. The van der Waals surface area contributed by atoms with Gasteiger partial charge in [0.05, 0.1) is 4.90 Å². The van der Waals surface area contributed by atoms with Crippen molar-refractivity contribution in [3.8, 4) is 5.75 Å². The van der Waals surface area contributed by atoms with E-state index in [1.807, 2.05) is 0 Å². The monoisotopic (exact) mass is 213 g/mol. The van der Waals surface area contributed by atoms with E-state index in [1.165, 1.54) is 31.2 Å². The Kier molecular flexibility index (Phi) is 3.47. The lowest BCUT2D eigenvalue weighted by Gasteiger charge is -1.99. The van der Waals surface area contributed by atoms with Crippen LogP contribution in [0.25, 0.3) is 0 Å². The van der Waals surface area contributed by atoms with Gasteiger partial charge in [-0.1, -0.05) is 0 Å². The standard InChI is InChI=1S/C8H7NO4S/c1-6(10)13-7-2-4-8(5-3-7)14-9(11)12/h2-5H,1H3. The molecule has 0 radical (unpaired) electrons. The molecule has 5 nitrogen and oxygen atoms in total. The van der Waals surface area contributed by atoms with Gasteiger partial charge in [-0.3, -0.25) is 14.9 Å². The van der Waals surface area contributed by atoms with E-state index in [0.717, 1.165) is 0 Å². The van der Waals surface area contributed by atoms with E-state index in [1.54, 1.807) is 0 Å². The smallest absolute Gasteiger partial charge is 0.308 e. The van der Waals surface area contributed by atoms with Gasteiger partial charge in [-0.2, -0.15) is 0 Å². The van der Waals surface area contributed by atoms with Crippen molar-refractivity contribution in [2.75, 3.05) is 0 Å². The third-order valence-corrected chi connectivity index (χ3v) is 1.90. The Labute approximate surface area is 84.3 Å². The van der Waals surface area contributed by atoms with Crippen LogP contribution in [0.1, 0.15) is 6.92 Å². The topological polar surface area (TPSA) is 69.4 Å². The number of ether oxygens (including phenoxy) is 1. The van der Waals surface area contributed by atoms with E-state index in [9.17, 15) is 14.9 Å². The highest BCUT2D eigenvalue weighted by atomic mass is 32.2. The summed E-state index contributed by atoms with van der Waals surface area (Å²) in [5.41, 5.74) is 0. The third-order valence-electron chi connectivity index (χ3n) is 1.27. The third kappa shape index (κ3) is 3.44. The van der Waals surface area contributed by atoms with E-state index in [2.05, 4.69) is 0 Å². The molecule has 0 heterocycles. The average Bonchev–Trinajstić information content (AvgIpc) is 2.06. The summed E-state index contributed by atoms with van der Waals surface area (Å²) in [7, 11) is 0. The molecule has 1 rings (SSSR count). The minimum Gasteiger partial charge on any atom is -0.427 e. The molecule has 0 atom stereocenters. The molecule has 0 aliphatic carbocycles. The highest BCUT2D eigenvalue weighted by Crippen LogP contribution is 2.21. The Hall–Kier alpha value is -1.56. The first-order chi connectivity index (χ1) is 6.58. The van der Waals surface area contributed by atoms with Crippen LogP contribution in [0.2, 0.25) is 0 Å². The van der Waals surface area contributed by atoms with Gasteiger partial charge >= 0.3 is 5.97 Å². The molecule has 14 heavy (non-hydrogen) atoms. The number of nitro groups is 1. The summed E-state index contributed by atoms with van der Waals surface area (Å²) >= 11 is 0.508. The molecule has 74 valence electrons. The minimum atomic E-state index is -0.499. The molecule has 0 saturated carbocycles. The molecular formula is C8H7NO4S. The quantitative estimate of drug-likeness (QED) is 0.252. The Bertz CT molecular complexity index is 314. The van der Waals surface area contributed by atoms with Crippen LogP contribution in [0, 0.1) is 10.1 Å². The molecule has 0 saturated heterocycles. The number of hydrogen-bond donors (Lipinski definition) is 0. The maximum atomic E-state index is 10.5. The minimum absolute atomic E-state index is 0.380. The predicted molar refractivity (Wildman–Crippen MR) is 50.6 cm³/mol. The summed E-state index contributed by atoms with van der Waals surface area (Å²) in [6.45, 7) is 1.29. The van der Waals surface area contributed by atoms with Gasteiger partial charge in [-0.25, -0.2) is 0 Å². The summed E-state index contributed by atoms with van der Waals surface area (Å²) < 4.78 is 4.26. The summed E-state index contributed by atoms with van der Waals surface area (Å²) in [5, 5.41) is 10.1. The van der Waals surface area contributed by atoms with Crippen LogP contribution in [0.5, 0.6) is 5.75 Å². The van der Waals surface area contributed by atoms with Gasteiger partial charge in [0.25, 0.3) is 11.9 Å². The van der Waals surface area contributed by atoms with Crippen molar-refractivity contribution in [1.29, 1.82) is 0 Å². The Morgan fingerprint density at radius 1 is 1.43 bits per heavy atom. The van der Waals surface area contributed by atoms with Gasteiger partial charge < -0.3 is 4.74 Å². The van der Waals surface area contributed by atoms with Crippen LogP contribution < -0.4 is 4.74 Å². The second-order valence-electron chi connectivity index (χ2n) is 2.38. The maximum Gasteiger partial charge on any atom is 0.308 e. The lowest BCUT2D eigenvalue weighted by molar-refractivity contribution is -0.284. The van der Waals surface area contributed by atoms with E-state index in [-0.39, 0.29) is 0 Å². The maximum absolute atomic E-state index is 10.5. The first kappa shape index (κ1) is 10.5. The lowest BCUT2D eigenvalue weighted by Crippen LogP contribution is -2.00. The fourth-order valence-electron chi connectivity index (χ4n) is 0.821. The Morgan fingerprint density at radius 2 is 2.00 bits per heavy atom. The normalized spacial score (nSPS) is 9.50. The second kappa shape index (κ2) is 4.61. The largest absolute Gasteiger partial charge is 0.427 e. The van der Waals surface area contributed by atoms with Crippen LogP contribution in [0.15, 0.2) is 29.2 Å². The first-order valence-electron chi connectivity index (χ1n) is 3.69. The first-order valence-corrected chi connectivity index (χ1v) is 4.46. The van der Waals surface area contributed by atoms with Gasteiger partial charge in [0.1, 0.15) is 10.1 Å². The van der Waals surface area contributed by atoms with Crippen molar-refractivity contribution < 1.29 is 13.9 Å². The molecule has 0 spiro atoms. The van der Waals surface area contributed by atoms with Crippen molar-refractivity contribution in [2.45, 2.75) is 11.8 Å². The molecule has 1 aromatic rings. The number of hydrogen-bond acceptors (Lipinski definition) is 5. The predicted octanol–water partition coefficient (Wildman–Crippen LogP) is 1.90. The zero-order valence-corrected chi connectivity index (χ0v) is 8.11. The zero-order chi connectivity index (χ0) is 10.6. The van der Waals surface area contributed by atoms with Crippen molar-refractivity contribution in [3.63, 3.8) is 0 Å². The summed E-state index contributed by atoms with van der Waals surface area (Å²) in [5.74, 6) is -0.0372. The number of esters is 1. The van der Waals surface area contributed by atoms with Crippen molar-refractivity contribution >= 4 is 17.9 Å². The SMILES string of the molecule is CC(=O)Oc1ccc(S[N+](=O)[O-])cc1. The number of carbonyl (C=O) groups is 1. The lowest BCUT2D eigenvalue weighted by atomic mass is 10.3. The Balaban J connectivity index is 2.68. The molecule has 0 amide bonds. The molecule has 0 unspecified atom stereocenters. The van der Waals surface area contributed by atoms with E-state index in [4.69, 9.17) is 4.74 Å². The van der Waals surface area contributed by atoms with Crippen LogP contribution in [-0.2, 0) is 4.79 Å². The van der Waals surface area contributed by atoms with Crippen LogP contribution in [0.4, 0.5) is 0 Å². The molecular weight excluding hydrogens is 206 g/mol. The van der Waals surface area contributed by atoms with Gasteiger partial charge in [0.2, 0.25) is 0 Å². The van der Waals surface area contributed by atoms with Crippen LogP contribution in [0.3, 0.4) is 0 Å². The fourth-order valence-corrected chi connectivity index (χ4v) is 1.25. The number of rotatable bonds is 3. The highest BCUT2D eigenvalue weighted by molar-refractivity contribution is 7.93. The molecule has 0 aliphatic rings. The van der Waals surface area contributed by atoms with Crippen molar-refractivity contribution in [3.05, 3.63) is 34.4 Å². The van der Waals surface area contributed by atoms with Gasteiger partial charge in [-0.15, -0.1) is 0 Å². The summed E-state index contributed by atoms with van der Waals surface area (Å²) in [6.07, 6.45) is 0. The summed E-state index contributed by atoms with van der Waals surface area (Å²) in [4.78, 5) is 21.1. The van der Waals surface area contributed by atoms with Gasteiger partial charge in [0, 0.05) is 6.92 Å². The molecule has 0 aliphatic heterocycles. The van der Waals surface area contributed by atoms with Crippen molar-refractivity contribution in [2.24, 2.45) is 0 Å². The van der Waals surface area contributed by atoms with E-state index in [0.29, 0.717) is 22.6 Å². The second-order valence-corrected chi connectivity index (χ2v) is 3.33. The van der Waals surface area contributed by atoms with Gasteiger partial charge in [-0.05, 0) is 24.3 Å². The van der Waals surface area contributed by atoms with Crippen molar-refractivity contribution in [1.82, 2.24) is 0 Å². The molecule has 0 N–H and O–H groups in total. The van der Waals surface area contributed by atoms with E-state index >= 15 is 0 Å². The van der Waals surface area contributed by atoms with E-state index < -0.39 is 10.3 Å². The highest BCUT2D eigenvalue weighted by Gasteiger charge is 2.05. The zero-order valence-electron chi connectivity index (χ0n) is 7.30. The molecule has 1 aromatic carbocycles. The number of carbonyl (C=O) groups excluding carboxylic acids is 1. The number of nitrogens with zero attached hydrogens (tertiary/aromatic N) is 1. The average molecular weight is 213 g/mol. The molecule has 6 heteroatoms. The van der Waals surface area contributed by atoms with Crippen LogP contribution in [-0.4, -0.2) is 10.3 Å². The van der Waals surface area contributed by atoms with Gasteiger partial charge in [0.15, 0.2) is 0 Å².